The second kappa shape index (κ2) is 2.44. The average molecular weight is 124 g/mol. The molecule has 0 aromatic carbocycles. The summed E-state index contributed by atoms with van der Waals surface area (Å²) in [6.07, 6.45) is 2.34. The Hall–Kier alpha value is -1.12. The lowest BCUT2D eigenvalue weighted by molar-refractivity contribution is 0.403. The molecule has 0 aliphatic carbocycles. The van der Waals surface area contributed by atoms with E-state index >= 15 is 0 Å². The van der Waals surface area contributed by atoms with Crippen LogP contribution in [-0.4, -0.2) is 10.1 Å². The molecule has 3 heteroatoms. The summed E-state index contributed by atoms with van der Waals surface area (Å²) in [5.74, 6) is 1.22. The lowest BCUT2D eigenvalue weighted by atomic mass is 10.5. The van der Waals surface area contributed by atoms with E-state index in [1.165, 1.54) is 6.08 Å². The van der Waals surface area contributed by atoms with Crippen molar-refractivity contribution in [2.24, 2.45) is 0 Å². The van der Waals surface area contributed by atoms with Crippen LogP contribution in [0.15, 0.2) is 11.1 Å². The van der Waals surface area contributed by atoms with Gasteiger partial charge in [-0.2, -0.15) is 4.98 Å². The molecule has 1 aromatic heterocycles. The number of hydrogen-bond acceptors (Lipinski definition) is 3. The molecular weight excluding hydrogens is 116 g/mol. The molecule has 0 aliphatic rings. The Balaban J connectivity index is 2.86. The molecule has 0 fully saturated rings. The van der Waals surface area contributed by atoms with Crippen molar-refractivity contribution in [3.8, 4) is 0 Å². The van der Waals surface area contributed by atoms with Gasteiger partial charge in [-0.1, -0.05) is 18.7 Å². The lowest BCUT2D eigenvalue weighted by Gasteiger charge is -1.74. The van der Waals surface area contributed by atoms with E-state index in [2.05, 4.69) is 16.7 Å². The van der Waals surface area contributed by atoms with E-state index in [9.17, 15) is 0 Å². The SMILES string of the molecule is C=Cc1nc(CC)no1. The van der Waals surface area contributed by atoms with E-state index < -0.39 is 0 Å². The Labute approximate surface area is 53.4 Å². The summed E-state index contributed by atoms with van der Waals surface area (Å²) in [7, 11) is 0. The summed E-state index contributed by atoms with van der Waals surface area (Å²) in [6, 6.07) is 0. The van der Waals surface area contributed by atoms with Crippen LogP contribution < -0.4 is 0 Å². The average Bonchev–Trinajstić information content (AvgIpc) is 2.34. The number of hydrogen-bond donors (Lipinski definition) is 0. The zero-order chi connectivity index (χ0) is 6.69. The fourth-order valence-corrected chi connectivity index (χ4v) is 0.494. The molecule has 1 heterocycles. The molecule has 0 unspecified atom stereocenters. The Morgan fingerprint density at radius 3 is 2.89 bits per heavy atom. The molecule has 0 saturated heterocycles. The van der Waals surface area contributed by atoms with Gasteiger partial charge in [0.1, 0.15) is 0 Å². The van der Waals surface area contributed by atoms with Gasteiger partial charge in [0.25, 0.3) is 0 Å². The molecule has 0 atom stereocenters. The van der Waals surface area contributed by atoms with E-state index in [1.807, 2.05) is 6.92 Å². The number of aryl methyl sites for hydroxylation is 1. The smallest absolute Gasteiger partial charge is 0.250 e. The van der Waals surface area contributed by atoms with Gasteiger partial charge < -0.3 is 4.52 Å². The topological polar surface area (TPSA) is 38.9 Å². The first-order valence-electron chi connectivity index (χ1n) is 2.82. The number of aromatic nitrogens is 2. The third-order valence-corrected chi connectivity index (χ3v) is 0.975. The van der Waals surface area contributed by atoms with E-state index in [0.29, 0.717) is 5.89 Å². The van der Waals surface area contributed by atoms with Crippen LogP contribution in [0.25, 0.3) is 6.08 Å². The van der Waals surface area contributed by atoms with Gasteiger partial charge in [0.15, 0.2) is 5.82 Å². The van der Waals surface area contributed by atoms with Crippen LogP contribution in [0.2, 0.25) is 0 Å². The summed E-state index contributed by atoms with van der Waals surface area (Å²) in [5, 5.41) is 3.65. The summed E-state index contributed by atoms with van der Waals surface area (Å²) in [4.78, 5) is 3.95. The van der Waals surface area contributed by atoms with Crippen LogP contribution in [0.4, 0.5) is 0 Å². The monoisotopic (exact) mass is 124 g/mol. The zero-order valence-electron chi connectivity index (χ0n) is 5.29. The minimum Gasteiger partial charge on any atom is -0.335 e. The van der Waals surface area contributed by atoms with Gasteiger partial charge in [-0.05, 0) is 6.08 Å². The van der Waals surface area contributed by atoms with E-state index in [-0.39, 0.29) is 0 Å². The van der Waals surface area contributed by atoms with Gasteiger partial charge in [0.05, 0.1) is 0 Å². The third-order valence-electron chi connectivity index (χ3n) is 0.975. The first-order chi connectivity index (χ1) is 4.36. The van der Waals surface area contributed by atoms with Gasteiger partial charge in [-0.3, -0.25) is 0 Å². The van der Waals surface area contributed by atoms with Crippen LogP contribution >= 0.6 is 0 Å². The zero-order valence-corrected chi connectivity index (χ0v) is 5.29. The highest BCUT2D eigenvalue weighted by atomic mass is 16.5. The maximum absolute atomic E-state index is 4.73. The Morgan fingerprint density at radius 2 is 2.56 bits per heavy atom. The molecule has 0 amide bonds. The molecule has 0 bridgehead atoms. The van der Waals surface area contributed by atoms with Crippen molar-refractivity contribution in [1.29, 1.82) is 0 Å². The minimum atomic E-state index is 0.492. The molecule has 9 heavy (non-hydrogen) atoms. The summed E-state index contributed by atoms with van der Waals surface area (Å²) in [6.45, 7) is 5.45. The number of nitrogens with zero attached hydrogens (tertiary/aromatic N) is 2. The molecule has 0 saturated carbocycles. The highest BCUT2D eigenvalue weighted by Crippen LogP contribution is 1.97. The van der Waals surface area contributed by atoms with Crippen LogP contribution in [-0.2, 0) is 6.42 Å². The quantitative estimate of drug-likeness (QED) is 0.596. The van der Waals surface area contributed by atoms with Crippen molar-refractivity contribution in [3.63, 3.8) is 0 Å². The second-order valence-corrected chi connectivity index (χ2v) is 1.61. The number of rotatable bonds is 2. The van der Waals surface area contributed by atoms with Crippen molar-refractivity contribution in [2.45, 2.75) is 13.3 Å². The largest absolute Gasteiger partial charge is 0.335 e. The first kappa shape index (κ1) is 6.01. The van der Waals surface area contributed by atoms with Crippen molar-refractivity contribution >= 4 is 6.08 Å². The van der Waals surface area contributed by atoms with E-state index in [4.69, 9.17) is 4.52 Å². The minimum absolute atomic E-state index is 0.492. The molecule has 1 rings (SSSR count). The van der Waals surface area contributed by atoms with Crippen LogP contribution in [0.5, 0.6) is 0 Å². The fourth-order valence-electron chi connectivity index (χ4n) is 0.494. The Bertz CT molecular complexity index is 205. The van der Waals surface area contributed by atoms with Crippen LogP contribution in [0, 0.1) is 0 Å². The van der Waals surface area contributed by atoms with Gasteiger partial charge in [-0.25, -0.2) is 0 Å². The second-order valence-electron chi connectivity index (χ2n) is 1.61. The van der Waals surface area contributed by atoms with Crippen molar-refractivity contribution in [2.75, 3.05) is 0 Å². The standard InChI is InChI=1S/C6H8N2O/c1-3-5-7-6(4-2)9-8-5/h4H,2-3H2,1H3. The first-order valence-corrected chi connectivity index (χ1v) is 2.82. The third kappa shape index (κ3) is 1.16. The molecule has 0 spiro atoms. The molecule has 0 radical (unpaired) electrons. The maximum atomic E-state index is 4.73. The van der Waals surface area contributed by atoms with Crippen LogP contribution in [0.3, 0.4) is 0 Å². The van der Waals surface area contributed by atoms with Crippen LogP contribution in [0.1, 0.15) is 18.6 Å². The highest BCUT2D eigenvalue weighted by Gasteiger charge is 1.97. The fraction of sp³-hybridized carbons (Fsp3) is 0.333. The summed E-state index contributed by atoms with van der Waals surface area (Å²) < 4.78 is 4.73. The molecule has 1 aromatic rings. The lowest BCUT2D eigenvalue weighted by Crippen LogP contribution is -1.80. The van der Waals surface area contributed by atoms with Crippen molar-refractivity contribution in [1.82, 2.24) is 10.1 Å². The predicted octanol–water partition coefficient (Wildman–Crippen LogP) is 1.27. The molecule has 3 nitrogen and oxygen atoms in total. The van der Waals surface area contributed by atoms with Gasteiger partial charge in [0, 0.05) is 6.42 Å². The predicted molar refractivity (Wildman–Crippen MR) is 33.8 cm³/mol. The van der Waals surface area contributed by atoms with Gasteiger partial charge >= 0.3 is 0 Å². The highest BCUT2D eigenvalue weighted by molar-refractivity contribution is 5.32. The van der Waals surface area contributed by atoms with E-state index in [1.54, 1.807) is 0 Å². The van der Waals surface area contributed by atoms with Crippen molar-refractivity contribution in [3.05, 3.63) is 18.3 Å². The van der Waals surface area contributed by atoms with Gasteiger partial charge in [-0.15, -0.1) is 0 Å². The van der Waals surface area contributed by atoms with Crippen molar-refractivity contribution < 1.29 is 4.52 Å². The normalized spacial score (nSPS) is 9.44. The maximum Gasteiger partial charge on any atom is 0.250 e. The molecule has 0 aliphatic heterocycles. The van der Waals surface area contributed by atoms with E-state index in [0.717, 1.165) is 12.2 Å². The Morgan fingerprint density at radius 1 is 1.78 bits per heavy atom. The summed E-state index contributed by atoms with van der Waals surface area (Å²) in [5.41, 5.74) is 0. The molecule has 48 valence electrons. The molecule has 0 N–H and O–H groups in total. The summed E-state index contributed by atoms with van der Waals surface area (Å²) >= 11 is 0. The Kier molecular flexibility index (Phi) is 1.63. The molecular formula is C6H8N2O. The van der Waals surface area contributed by atoms with Gasteiger partial charge in [0.2, 0.25) is 5.89 Å².